The molecule has 0 saturated carbocycles. The van der Waals surface area contributed by atoms with E-state index in [2.05, 4.69) is 20.9 Å². The molecule has 1 aromatic heterocycles. The Morgan fingerprint density at radius 1 is 1.35 bits per heavy atom. The van der Waals surface area contributed by atoms with E-state index < -0.39 is 0 Å². The van der Waals surface area contributed by atoms with Crippen LogP contribution in [-0.2, 0) is 9.59 Å². The molecule has 0 aliphatic carbocycles. The molecule has 6 heteroatoms. The number of nitrogens with one attached hydrogen (secondary N) is 3. The predicted octanol–water partition coefficient (Wildman–Crippen LogP) is 0.915. The quantitative estimate of drug-likeness (QED) is 0.751. The van der Waals surface area contributed by atoms with E-state index in [1.165, 1.54) is 13.3 Å². The molecule has 2 rings (SSSR count). The van der Waals surface area contributed by atoms with Crippen molar-refractivity contribution in [2.75, 3.05) is 18.4 Å². The van der Waals surface area contributed by atoms with Crippen LogP contribution in [0.15, 0.2) is 24.5 Å². The monoisotopic (exact) mass is 278 g/mol. The minimum absolute atomic E-state index is 0.0759. The van der Waals surface area contributed by atoms with E-state index in [4.69, 9.17) is 0 Å². The van der Waals surface area contributed by atoms with E-state index in [-0.39, 0.29) is 11.8 Å². The molecular formula is C14H22N4O2. The maximum atomic E-state index is 10.6. The van der Waals surface area contributed by atoms with Gasteiger partial charge in [-0.1, -0.05) is 0 Å². The molecule has 110 valence electrons. The number of pyridine rings is 1. The molecular weight excluding hydrogens is 256 g/mol. The molecule has 1 fully saturated rings. The van der Waals surface area contributed by atoms with Gasteiger partial charge < -0.3 is 16.0 Å². The Morgan fingerprint density at radius 2 is 2.15 bits per heavy atom. The molecule has 1 saturated heterocycles. The van der Waals surface area contributed by atoms with Gasteiger partial charge in [-0.3, -0.25) is 14.6 Å². The van der Waals surface area contributed by atoms with Crippen molar-refractivity contribution in [3.8, 4) is 0 Å². The number of hydrogen-bond donors (Lipinski definition) is 3. The van der Waals surface area contributed by atoms with Gasteiger partial charge in [0.25, 0.3) is 0 Å². The molecule has 0 spiro atoms. The smallest absolute Gasteiger partial charge is 0.221 e. The van der Waals surface area contributed by atoms with Crippen LogP contribution in [0.3, 0.4) is 0 Å². The molecule has 1 atom stereocenters. The fourth-order valence-corrected chi connectivity index (χ4v) is 1.90. The first-order valence-electron chi connectivity index (χ1n) is 6.73. The minimum Gasteiger partial charge on any atom is -0.352 e. The van der Waals surface area contributed by atoms with Crippen LogP contribution in [0.5, 0.6) is 0 Å². The number of carbonyl (C=O) groups excluding carboxylic acids is 2. The van der Waals surface area contributed by atoms with Crippen LogP contribution < -0.4 is 16.0 Å². The Bertz CT molecular complexity index is 416. The van der Waals surface area contributed by atoms with Gasteiger partial charge in [-0.15, -0.1) is 0 Å². The molecule has 2 heterocycles. The summed E-state index contributed by atoms with van der Waals surface area (Å²) in [5.74, 6) is 0.00157. The Hall–Kier alpha value is -1.95. The number of amides is 2. The number of rotatable bonds is 2. The zero-order chi connectivity index (χ0) is 14.8. The maximum absolute atomic E-state index is 10.6. The van der Waals surface area contributed by atoms with Gasteiger partial charge in [0.2, 0.25) is 11.8 Å². The first-order valence-corrected chi connectivity index (χ1v) is 6.73. The molecule has 6 nitrogen and oxygen atoms in total. The summed E-state index contributed by atoms with van der Waals surface area (Å²) < 4.78 is 0. The van der Waals surface area contributed by atoms with Gasteiger partial charge in [0.1, 0.15) is 0 Å². The summed E-state index contributed by atoms with van der Waals surface area (Å²) in [6.45, 7) is 5.05. The van der Waals surface area contributed by atoms with Crippen LogP contribution in [0, 0.1) is 0 Å². The van der Waals surface area contributed by atoms with Gasteiger partial charge in [-0.25, -0.2) is 0 Å². The number of nitrogens with zero attached hydrogens (tertiary/aromatic N) is 1. The van der Waals surface area contributed by atoms with E-state index in [9.17, 15) is 9.59 Å². The SMILES string of the molecule is CC(=O)NC1CCCNC1.CC(=O)Nc1cccnc1. The molecule has 1 unspecified atom stereocenters. The molecule has 3 N–H and O–H groups in total. The lowest BCUT2D eigenvalue weighted by molar-refractivity contribution is -0.119. The topological polar surface area (TPSA) is 83.1 Å². The van der Waals surface area contributed by atoms with Gasteiger partial charge in [0.15, 0.2) is 0 Å². The summed E-state index contributed by atoms with van der Waals surface area (Å²) in [7, 11) is 0. The highest BCUT2D eigenvalue weighted by Crippen LogP contribution is 2.01. The molecule has 0 aromatic carbocycles. The van der Waals surface area contributed by atoms with E-state index in [1.807, 2.05) is 0 Å². The molecule has 1 aliphatic heterocycles. The Labute approximate surface area is 119 Å². The lowest BCUT2D eigenvalue weighted by Crippen LogP contribution is -2.44. The van der Waals surface area contributed by atoms with Gasteiger partial charge in [0.05, 0.1) is 11.9 Å². The molecule has 1 aliphatic rings. The van der Waals surface area contributed by atoms with Crippen molar-refractivity contribution in [2.24, 2.45) is 0 Å². The summed E-state index contributed by atoms with van der Waals surface area (Å²) in [5.41, 5.74) is 0.731. The highest BCUT2D eigenvalue weighted by Gasteiger charge is 2.12. The van der Waals surface area contributed by atoms with Crippen molar-refractivity contribution in [1.29, 1.82) is 0 Å². The number of aromatic nitrogens is 1. The lowest BCUT2D eigenvalue weighted by Gasteiger charge is -2.22. The van der Waals surface area contributed by atoms with Crippen LogP contribution in [0.1, 0.15) is 26.7 Å². The summed E-state index contributed by atoms with van der Waals surface area (Å²) in [6.07, 6.45) is 5.55. The number of anilines is 1. The standard InChI is InChI=1S/C7H14N2O.C7H8N2O/c2*1-6(10)9-7-3-2-4-8-5-7/h7-8H,2-5H2,1H3,(H,9,10);2-5H,1H3,(H,9,10). The average molecular weight is 278 g/mol. The second-order valence-corrected chi connectivity index (χ2v) is 4.67. The number of piperidine rings is 1. The van der Waals surface area contributed by atoms with E-state index >= 15 is 0 Å². The first-order chi connectivity index (χ1) is 9.58. The summed E-state index contributed by atoms with van der Waals surface area (Å²) >= 11 is 0. The zero-order valence-corrected chi connectivity index (χ0v) is 12.0. The van der Waals surface area contributed by atoms with Gasteiger partial charge in [0, 0.05) is 32.6 Å². The van der Waals surface area contributed by atoms with Crippen molar-refractivity contribution in [3.63, 3.8) is 0 Å². The molecule has 1 aromatic rings. The normalized spacial score (nSPS) is 17.4. The average Bonchev–Trinajstić information content (AvgIpc) is 2.40. The van der Waals surface area contributed by atoms with Crippen molar-refractivity contribution in [2.45, 2.75) is 32.7 Å². The zero-order valence-electron chi connectivity index (χ0n) is 12.0. The van der Waals surface area contributed by atoms with Crippen LogP contribution in [0.4, 0.5) is 5.69 Å². The predicted molar refractivity (Wildman–Crippen MR) is 78.2 cm³/mol. The maximum Gasteiger partial charge on any atom is 0.221 e. The third kappa shape index (κ3) is 7.48. The van der Waals surface area contributed by atoms with E-state index in [0.29, 0.717) is 6.04 Å². The summed E-state index contributed by atoms with van der Waals surface area (Å²) in [4.78, 5) is 24.9. The fraction of sp³-hybridized carbons (Fsp3) is 0.500. The highest BCUT2D eigenvalue weighted by atomic mass is 16.2. The Morgan fingerprint density at radius 3 is 2.65 bits per heavy atom. The van der Waals surface area contributed by atoms with Crippen molar-refractivity contribution < 1.29 is 9.59 Å². The van der Waals surface area contributed by atoms with Gasteiger partial charge in [-0.2, -0.15) is 0 Å². The Kier molecular flexibility index (Phi) is 7.27. The van der Waals surface area contributed by atoms with Crippen LogP contribution in [-0.4, -0.2) is 35.9 Å². The lowest BCUT2D eigenvalue weighted by atomic mass is 10.1. The minimum atomic E-state index is -0.0759. The first kappa shape index (κ1) is 16.1. The van der Waals surface area contributed by atoms with Crippen LogP contribution in [0.2, 0.25) is 0 Å². The van der Waals surface area contributed by atoms with Crippen molar-refractivity contribution >= 4 is 17.5 Å². The van der Waals surface area contributed by atoms with Crippen LogP contribution in [0.25, 0.3) is 0 Å². The number of hydrogen-bond acceptors (Lipinski definition) is 4. The molecule has 20 heavy (non-hydrogen) atoms. The highest BCUT2D eigenvalue weighted by molar-refractivity contribution is 5.88. The molecule has 2 amide bonds. The van der Waals surface area contributed by atoms with E-state index in [0.717, 1.165) is 25.2 Å². The van der Waals surface area contributed by atoms with E-state index in [1.54, 1.807) is 31.5 Å². The largest absolute Gasteiger partial charge is 0.352 e. The summed E-state index contributed by atoms with van der Waals surface area (Å²) in [6, 6.07) is 3.92. The van der Waals surface area contributed by atoms with Gasteiger partial charge >= 0.3 is 0 Å². The van der Waals surface area contributed by atoms with Crippen molar-refractivity contribution in [1.82, 2.24) is 15.6 Å². The molecule has 0 radical (unpaired) electrons. The second-order valence-electron chi connectivity index (χ2n) is 4.67. The van der Waals surface area contributed by atoms with Gasteiger partial charge in [-0.05, 0) is 31.5 Å². The third-order valence-corrected chi connectivity index (χ3v) is 2.69. The Balaban J connectivity index is 0.000000200. The molecule has 0 bridgehead atoms. The third-order valence-electron chi connectivity index (χ3n) is 2.69. The van der Waals surface area contributed by atoms with Crippen molar-refractivity contribution in [3.05, 3.63) is 24.5 Å². The second kappa shape index (κ2) is 9.03. The summed E-state index contributed by atoms with van der Waals surface area (Å²) in [5, 5.41) is 8.71. The van der Waals surface area contributed by atoms with Crippen LogP contribution >= 0.6 is 0 Å². The number of carbonyl (C=O) groups is 2. The fourth-order valence-electron chi connectivity index (χ4n) is 1.90.